The van der Waals surface area contributed by atoms with Crippen molar-refractivity contribution in [1.82, 2.24) is 9.21 Å². The number of carbonyl (C=O) groups excluding carboxylic acids is 2. The minimum Gasteiger partial charge on any atom is -0.495 e. The second-order valence-corrected chi connectivity index (χ2v) is 9.31. The van der Waals surface area contributed by atoms with Crippen LogP contribution in [0, 0.1) is 0 Å². The van der Waals surface area contributed by atoms with Gasteiger partial charge < -0.3 is 15.0 Å². The predicted molar refractivity (Wildman–Crippen MR) is 121 cm³/mol. The first kappa shape index (κ1) is 24.6. The molecule has 0 unspecified atom stereocenters. The van der Waals surface area contributed by atoms with E-state index in [4.69, 9.17) is 16.3 Å². The molecule has 10 heteroatoms. The summed E-state index contributed by atoms with van der Waals surface area (Å²) in [5.41, 5.74) is 0.840. The molecule has 2 rings (SSSR count). The molecule has 0 radical (unpaired) electrons. The van der Waals surface area contributed by atoms with E-state index >= 15 is 0 Å². The standard InChI is InChI=1S/C21H26ClN3O5S/c1-6-25(7-2)21(27)16-10-9-15(13-17(16)22)23-20(26)14-8-11-18(30-5)19(12-14)31(28,29)24(3)4/h8-13H,6-7H2,1-5H3,(H,23,26). The van der Waals surface area contributed by atoms with E-state index < -0.39 is 15.9 Å². The molecule has 0 heterocycles. The fraction of sp³-hybridized carbons (Fsp3) is 0.333. The van der Waals surface area contributed by atoms with Crippen LogP contribution in [0.2, 0.25) is 5.02 Å². The maximum atomic E-state index is 12.7. The largest absolute Gasteiger partial charge is 0.495 e. The number of carbonyl (C=O) groups is 2. The molecule has 0 atom stereocenters. The van der Waals surface area contributed by atoms with Crippen molar-refractivity contribution in [1.29, 1.82) is 0 Å². The highest BCUT2D eigenvalue weighted by Gasteiger charge is 2.24. The zero-order chi connectivity index (χ0) is 23.3. The quantitative estimate of drug-likeness (QED) is 0.642. The molecule has 0 fully saturated rings. The number of amides is 2. The van der Waals surface area contributed by atoms with Crippen LogP contribution in [-0.2, 0) is 10.0 Å². The number of benzene rings is 2. The summed E-state index contributed by atoms with van der Waals surface area (Å²) in [4.78, 5) is 26.7. The van der Waals surface area contributed by atoms with Gasteiger partial charge in [0.2, 0.25) is 10.0 Å². The van der Waals surface area contributed by atoms with Crippen molar-refractivity contribution in [2.75, 3.05) is 39.6 Å². The van der Waals surface area contributed by atoms with Crippen LogP contribution in [0.3, 0.4) is 0 Å². The Balaban J connectivity index is 2.32. The van der Waals surface area contributed by atoms with Gasteiger partial charge in [-0.3, -0.25) is 9.59 Å². The number of nitrogens with zero attached hydrogens (tertiary/aromatic N) is 2. The topological polar surface area (TPSA) is 96.0 Å². The Morgan fingerprint density at radius 2 is 1.71 bits per heavy atom. The van der Waals surface area contributed by atoms with Gasteiger partial charge in [0.25, 0.3) is 11.8 Å². The summed E-state index contributed by atoms with van der Waals surface area (Å²) in [7, 11) is 0.322. The minimum absolute atomic E-state index is 0.120. The lowest BCUT2D eigenvalue weighted by molar-refractivity contribution is 0.0773. The molecule has 0 saturated carbocycles. The molecule has 0 spiro atoms. The van der Waals surface area contributed by atoms with Crippen LogP contribution in [0.1, 0.15) is 34.6 Å². The number of hydrogen-bond acceptors (Lipinski definition) is 5. The first-order valence-electron chi connectivity index (χ1n) is 9.57. The van der Waals surface area contributed by atoms with Crippen molar-refractivity contribution < 1.29 is 22.7 Å². The Hall–Kier alpha value is -2.62. The van der Waals surface area contributed by atoms with E-state index in [1.54, 1.807) is 17.0 Å². The molecule has 0 aliphatic rings. The van der Waals surface area contributed by atoms with E-state index in [1.807, 2.05) is 13.8 Å². The summed E-state index contributed by atoms with van der Waals surface area (Å²) in [6, 6.07) is 8.74. The normalized spacial score (nSPS) is 11.3. The van der Waals surface area contributed by atoms with Gasteiger partial charge in [0.05, 0.1) is 17.7 Å². The van der Waals surface area contributed by atoms with E-state index in [2.05, 4.69) is 5.32 Å². The summed E-state index contributed by atoms with van der Waals surface area (Å²) < 4.78 is 31.3. The Morgan fingerprint density at radius 1 is 1.06 bits per heavy atom. The van der Waals surface area contributed by atoms with E-state index in [9.17, 15) is 18.0 Å². The van der Waals surface area contributed by atoms with Gasteiger partial charge in [-0.05, 0) is 50.2 Å². The lowest BCUT2D eigenvalue weighted by Crippen LogP contribution is -2.30. The molecule has 0 bridgehead atoms. The van der Waals surface area contributed by atoms with Crippen LogP contribution >= 0.6 is 11.6 Å². The van der Waals surface area contributed by atoms with Crippen LogP contribution in [0.15, 0.2) is 41.3 Å². The van der Waals surface area contributed by atoms with Gasteiger partial charge in [0.15, 0.2) is 0 Å². The lowest BCUT2D eigenvalue weighted by Gasteiger charge is -2.19. The Bertz CT molecular complexity index is 1080. The highest BCUT2D eigenvalue weighted by Crippen LogP contribution is 2.28. The Morgan fingerprint density at radius 3 is 2.23 bits per heavy atom. The molecular formula is C21H26ClN3O5S. The Labute approximate surface area is 187 Å². The monoisotopic (exact) mass is 467 g/mol. The van der Waals surface area contributed by atoms with Crippen LogP contribution in [0.4, 0.5) is 5.69 Å². The fourth-order valence-electron chi connectivity index (χ4n) is 2.87. The summed E-state index contributed by atoms with van der Waals surface area (Å²) in [5.74, 6) is -0.592. The summed E-state index contributed by atoms with van der Waals surface area (Å²) in [6.07, 6.45) is 0. The van der Waals surface area contributed by atoms with Crippen LogP contribution in [-0.4, -0.2) is 63.7 Å². The van der Waals surface area contributed by atoms with Gasteiger partial charge in [0, 0.05) is 38.4 Å². The van der Waals surface area contributed by atoms with Gasteiger partial charge in [-0.15, -0.1) is 0 Å². The molecule has 2 amide bonds. The Kier molecular flexibility index (Phi) is 8.05. The summed E-state index contributed by atoms with van der Waals surface area (Å²) in [5, 5.41) is 2.88. The average Bonchev–Trinajstić information content (AvgIpc) is 2.73. The molecule has 168 valence electrons. The molecule has 8 nitrogen and oxygen atoms in total. The van der Waals surface area contributed by atoms with Crippen molar-refractivity contribution in [3.63, 3.8) is 0 Å². The third kappa shape index (κ3) is 5.36. The number of rotatable bonds is 8. The molecule has 2 aromatic carbocycles. The summed E-state index contributed by atoms with van der Waals surface area (Å²) in [6.45, 7) is 4.87. The third-order valence-electron chi connectivity index (χ3n) is 4.69. The van der Waals surface area contributed by atoms with Crippen molar-refractivity contribution >= 4 is 39.1 Å². The number of sulfonamides is 1. The number of halogens is 1. The predicted octanol–water partition coefficient (Wildman–Crippen LogP) is 3.33. The fourth-order valence-corrected chi connectivity index (χ4v) is 4.20. The molecular weight excluding hydrogens is 442 g/mol. The van der Waals surface area contributed by atoms with Gasteiger partial charge >= 0.3 is 0 Å². The van der Waals surface area contributed by atoms with Gasteiger partial charge in [-0.2, -0.15) is 0 Å². The minimum atomic E-state index is -3.82. The van der Waals surface area contributed by atoms with Crippen molar-refractivity contribution in [3.8, 4) is 5.75 Å². The van der Waals surface area contributed by atoms with Crippen LogP contribution in [0.5, 0.6) is 5.75 Å². The van der Waals surface area contributed by atoms with Crippen LogP contribution in [0.25, 0.3) is 0 Å². The second-order valence-electron chi connectivity index (χ2n) is 6.78. The highest BCUT2D eigenvalue weighted by molar-refractivity contribution is 7.89. The zero-order valence-electron chi connectivity index (χ0n) is 18.1. The molecule has 0 aromatic heterocycles. The number of methoxy groups -OCH3 is 1. The van der Waals surface area contributed by atoms with E-state index in [1.165, 1.54) is 45.5 Å². The third-order valence-corrected chi connectivity index (χ3v) is 6.84. The summed E-state index contributed by atoms with van der Waals surface area (Å²) >= 11 is 6.27. The lowest BCUT2D eigenvalue weighted by atomic mass is 10.1. The second kappa shape index (κ2) is 10.1. The van der Waals surface area contributed by atoms with E-state index in [-0.39, 0.29) is 27.1 Å². The van der Waals surface area contributed by atoms with Crippen molar-refractivity contribution in [3.05, 3.63) is 52.5 Å². The SMILES string of the molecule is CCN(CC)C(=O)c1ccc(NC(=O)c2ccc(OC)c(S(=O)(=O)N(C)C)c2)cc1Cl. The van der Waals surface area contributed by atoms with Crippen molar-refractivity contribution in [2.45, 2.75) is 18.7 Å². The maximum absolute atomic E-state index is 12.7. The first-order chi connectivity index (χ1) is 14.6. The zero-order valence-corrected chi connectivity index (χ0v) is 19.7. The number of nitrogens with one attached hydrogen (secondary N) is 1. The average molecular weight is 468 g/mol. The smallest absolute Gasteiger partial charge is 0.255 e. The molecule has 0 saturated heterocycles. The van der Waals surface area contributed by atoms with Crippen molar-refractivity contribution in [2.24, 2.45) is 0 Å². The highest BCUT2D eigenvalue weighted by atomic mass is 35.5. The van der Waals surface area contributed by atoms with Crippen LogP contribution < -0.4 is 10.1 Å². The molecule has 0 aliphatic heterocycles. The molecule has 31 heavy (non-hydrogen) atoms. The molecule has 0 aliphatic carbocycles. The van der Waals surface area contributed by atoms with E-state index in [0.717, 1.165) is 4.31 Å². The first-order valence-corrected chi connectivity index (χ1v) is 11.4. The molecule has 2 aromatic rings. The maximum Gasteiger partial charge on any atom is 0.255 e. The van der Waals surface area contributed by atoms with Gasteiger partial charge in [-0.1, -0.05) is 11.6 Å². The number of anilines is 1. The van der Waals surface area contributed by atoms with Gasteiger partial charge in [0.1, 0.15) is 10.6 Å². The molecule has 1 N–H and O–H groups in total. The van der Waals surface area contributed by atoms with E-state index in [0.29, 0.717) is 24.3 Å². The number of hydrogen-bond donors (Lipinski definition) is 1. The number of ether oxygens (including phenoxy) is 1. The van der Waals surface area contributed by atoms with Gasteiger partial charge in [-0.25, -0.2) is 12.7 Å².